The Hall–Kier alpha value is -1.22. The lowest BCUT2D eigenvalue weighted by Crippen LogP contribution is -2.41. The zero-order valence-corrected chi connectivity index (χ0v) is 14.6. The summed E-state index contributed by atoms with van der Waals surface area (Å²) >= 11 is 0. The molecule has 0 saturated carbocycles. The first-order valence-corrected chi connectivity index (χ1v) is 8.21. The highest BCUT2D eigenvalue weighted by molar-refractivity contribution is 5.85. The van der Waals surface area contributed by atoms with Gasteiger partial charge in [0.15, 0.2) is 12.2 Å². The molecule has 0 unspecified atom stereocenters. The zero-order valence-electron chi connectivity index (χ0n) is 14.6. The Kier molecular flexibility index (Phi) is 14.5. The zero-order chi connectivity index (χ0) is 18.2. The molecule has 0 rings (SSSR count). The number of hydrogen-bond donors (Lipinski definition) is 2. The molecule has 0 bridgehead atoms. The van der Waals surface area contributed by atoms with E-state index in [9.17, 15) is 19.8 Å². The molecule has 8 heteroatoms. The number of aliphatic hydroxyl groups is 2. The number of ether oxygens (including phenoxy) is 4. The predicted octanol–water partition coefficient (Wildman–Crippen LogP) is 0.428. The fourth-order valence-electron chi connectivity index (χ4n) is 1.82. The second-order valence-corrected chi connectivity index (χ2v) is 5.33. The van der Waals surface area contributed by atoms with Gasteiger partial charge in [-0.05, 0) is 38.5 Å². The van der Waals surface area contributed by atoms with Gasteiger partial charge in [-0.15, -0.1) is 0 Å². The van der Waals surface area contributed by atoms with E-state index in [-0.39, 0.29) is 13.2 Å². The Morgan fingerprint density at radius 3 is 1.33 bits per heavy atom. The van der Waals surface area contributed by atoms with Gasteiger partial charge >= 0.3 is 11.9 Å². The maximum atomic E-state index is 11.5. The van der Waals surface area contributed by atoms with E-state index in [2.05, 4.69) is 0 Å². The summed E-state index contributed by atoms with van der Waals surface area (Å²) in [5, 5.41) is 19.2. The summed E-state index contributed by atoms with van der Waals surface area (Å²) in [7, 11) is 3.22. The van der Waals surface area contributed by atoms with Crippen LogP contribution in [0.2, 0.25) is 0 Å². The molecule has 0 aliphatic heterocycles. The highest BCUT2D eigenvalue weighted by atomic mass is 16.6. The maximum Gasteiger partial charge on any atom is 0.338 e. The van der Waals surface area contributed by atoms with Gasteiger partial charge in [0.2, 0.25) is 0 Å². The normalized spacial score (nSPS) is 13.3. The van der Waals surface area contributed by atoms with Crippen LogP contribution in [0.3, 0.4) is 0 Å². The summed E-state index contributed by atoms with van der Waals surface area (Å²) in [5.41, 5.74) is 0. The minimum Gasteiger partial charge on any atom is -0.464 e. The standard InChI is InChI=1S/C16H30O8/c1-21-9-5-3-7-11-23-15(19)13(17)14(18)16(20)24-12-8-4-6-10-22-2/h13-14,17-18H,3-12H2,1-2H3/t13-,14-/m1/s1. The number of methoxy groups -OCH3 is 2. The highest BCUT2D eigenvalue weighted by Gasteiger charge is 2.32. The maximum absolute atomic E-state index is 11.5. The fraction of sp³-hybridized carbons (Fsp3) is 0.875. The molecule has 0 radical (unpaired) electrons. The lowest BCUT2D eigenvalue weighted by Gasteiger charge is -2.16. The smallest absolute Gasteiger partial charge is 0.338 e. The van der Waals surface area contributed by atoms with Crippen LogP contribution in [0.4, 0.5) is 0 Å². The molecule has 0 aromatic carbocycles. The third-order valence-corrected chi connectivity index (χ3v) is 3.26. The lowest BCUT2D eigenvalue weighted by molar-refractivity contribution is -0.173. The summed E-state index contributed by atoms with van der Waals surface area (Å²) in [6.07, 6.45) is 0.657. The van der Waals surface area contributed by atoms with Crippen molar-refractivity contribution in [3.05, 3.63) is 0 Å². The van der Waals surface area contributed by atoms with Gasteiger partial charge in [-0.25, -0.2) is 9.59 Å². The van der Waals surface area contributed by atoms with E-state index in [0.29, 0.717) is 26.1 Å². The van der Waals surface area contributed by atoms with Gasteiger partial charge in [0, 0.05) is 27.4 Å². The fourth-order valence-corrected chi connectivity index (χ4v) is 1.82. The summed E-state index contributed by atoms with van der Waals surface area (Å²) in [6.45, 7) is 1.49. The van der Waals surface area contributed by atoms with E-state index >= 15 is 0 Å². The van der Waals surface area contributed by atoms with Crippen LogP contribution in [-0.2, 0) is 28.5 Å². The van der Waals surface area contributed by atoms with Crippen LogP contribution in [0, 0.1) is 0 Å². The molecule has 2 atom stereocenters. The van der Waals surface area contributed by atoms with Crippen molar-refractivity contribution in [1.82, 2.24) is 0 Å². The number of aliphatic hydroxyl groups excluding tert-OH is 2. The topological polar surface area (TPSA) is 112 Å². The van der Waals surface area contributed by atoms with Gasteiger partial charge < -0.3 is 29.2 Å². The van der Waals surface area contributed by atoms with Crippen LogP contribution in [0.15, 0.2) is 0 Å². The predicted molar refractivity (Wildman–Crippen MR) is 85.4 cm³/mol. The van der Waals surface area contributed by atoms with Crippen molar-refractivity contribution in [1.29, 1.82) is 0 Å². The average molecular weight is 350 g/mol. The summed E-state index contributed by atoms with van der Waals surface area (Å²) in [4.78, 5) is 23.1. The molecule has 2 N–H and O–H groups in total. The molecule has 8 nitrogen and oxygen atoms in total. The first kappa shape index (κ1) is 22.8. The van der Waals surface area contributed by atoms with E-state index < -0.39 is 24.1 Å². The number of rotatable bonds is 15. The Morgan fingerprint density at radius 2 is 1.00 bits per heavy atom. The van der Waals surface area contributed by atoms with E-state index in [0.717, 1.165) is 25.7 Å². The van der Waals surface area contributed by atoms with Gasteiger partial charge in [0.05, 0.1) is 13.2 Å². The van der Waals surface area contributed by atoms with Crippen LogP contribution in [-0.4, -0.2) is 75.0 Å². The molecular weight excluding hydrogens is 320 g/mol. The van der Waals surface area contributed by atoms with Crippen molar-refractivity contribution in [2.75, 3.05) is 40.6 Å². The highest BCUT2D eigenvalue weighted by Crippen LogP contribution is 2.04. The Morgan fingerprint density at radius 1 is 0.667 bits per heavy atom. The van der Waals surface area contributed by atoms with Gasteiger partial charge in [0.1, 0.15) is 0 Å². The van der Waals surface area contributed by atoms with Crippen molar-refractivity contribution in [3.63, 3.8) is 0 Å². The van der Waals surface area contributed by atoms with Crippen LogP contribution in [0.1, 0.15) is 38.5 Å². The second kappa shape index (κ2) is 15.3. The molecule has 0 heterocycles. The van der Waals surface area contributed by atoms with Crippen molar-refractivity contribution in [2.45, 2.75) is 50.7 Å². The first-order chi connectivity index (χ1) is 11.5. The van der Waals surface area contributed by atoms with E-state index in [1.165, 1.54) is 0 Å². The van der Waals surface area contributed by atoms with Crippen LogP contribution in [0.5, 0.6) is 0 Å². The molecule has 0 fully saturated rings. The largest absolute Gasteiger partial charge is 0.464 e. The molecule has 24 heavy (non-hydrogen) atoms. The molecule has 0 aliphatic rings. The van der Waals surface area contributed by atoms with Crippen LogP contribution >= 0.6 is 0 Å². The Balaban J connectivity index is 3.83. The minimum absolute atomic E-state index is 0.112. The molecule has 142 valence electrons. The van der Waals surface area contributed by atoms with Crippen molar-refractivity contribution in [2.24, 2.45) is 0 Å². The van der Waals surface area contributed by atoms with Gasteiger partial charge in [-0.1, -0.05) is 0 Å². The van der Waals surface area contributed by atoms with Crippen LogP contribution in [0.25, 0.3) is 0 Å². The first-order valence-electron chi connectivity index (χ1n) is 8.21. The monoisotopic (exact) mass is 350 g/mol. The van der Waals surface area contributed by atoms with Crippen molar-refractivity contribution >= 4 is 11.9 Å². The van der Waals surface area contributed by atoms with E-state index in [1.807, 2.05) is 0 Å². The molecule has 0 spiro atoms. The number of carbonyl (C=O) groups excluding carboxylic acids is 2. The number of hydrogen-bond acceptors (Lipinski definition) is 8. The summed E-state index contributed by atoms with van der Waals surface area (Å²) in [6, 6.07) is 0. The van der Waals surface area contributed by atoms with Crippen molar-refractivity contribution in [3.8, 4) is 0 Å². The molecule has 0 saturated heterocycles. The molecule has 0 amide bonds. The minimum atomic E-state index is -1.94. The quantitative estimate of drug-likeness (QED) is 0.323. The van der Waals surface area contributed by atoms with Crippen molar-refractivity contribution < 1.29 is 38.7 Å². The Labute approximate surface area is 143 Å². The molecule has 0 aromatic heterocycles. The third kappa shape index (κ3) is 11.3. The lowest BCUT2D eigenvalue weighted by atomic mass is 10.2. The molecule has 0 aromatic rings. The summed E-state index contributed by atoms with van der Waals surface area (Å²) in [5.74, 6) is -2.07. The molecular formula is C16H30O8. The number of esters is 2. The van der Waals surface area contributed by atoms with Gasteiger partial charge in [-0.2, -0.15) is 0 Å². The SMILES string of the molecule is COCCCCCOC(=O)[C@H](O)[C@@H](O)C(=O)OCCCCCOC. The number of carbonyl (C=O) groups is 2. The molecule has 0 aliphatic carbocycles. The van der Waals surface area contributed by atoms with Gasteiger partial charge in [0.25, 0.3) is 0 Å². The summed E-state index contributed by atoms with van der Waals surface area (Å²) < 4.78 is 19.4. The average Bonchev–Trinajstić information content (AvgIpc) is 2.59. The van der Waals surface area contributed by atoms with Gasteiger partial charge in [-0.3, -0.25) is 0 Å². The Bertz CT molecular complexity index is 302. The third-order valence-electron chi connectivity index (χ3n) is 3.26. The second-order valence-electron chi connectivity index (χ2n) is 5.33. The van der Waals surface area contributed by atoms with E-state index in [4.69, 9.17) is 18.9 Å². The van der Waals surface area contributed by atoms with E-state index in [1.54, 1.807) is 14.2 Å². The van der Waals surface area contributed by atoms with Crippen LogP contribution < -0.4 is 0 Å². The number of unbranched alkanes of at least 4 members (excludes halogenated alkanes) is 4.